The number of alkyl halides is 1. The molecule has 1 unspecified atom stereocenters. The van der Waals surface area contributed by atoms with E-state index >= 15 is 0 Å². The lowest BCUT2D eigenvalue weighted by Crippen LogP contribution is -2.41. The molecule has 1 amide bonds. The van der Waals surface area contributed by atoms with Crippen LogP contribution in [0.25, 0.3) is 5.52 Å². The second kappa shape index (κ2) is 6.54. The number of nitrogens with one attached hydrogen (secondary N) is 1. The third-order valence-corrected chi connectivity index (χ3v) is 5.33. The molecule has 2 atom stereocenters. The van der Waals surface area contributed by atoms with Gasteiger partial charge in [-0.05, 0) is 32.0 Å². The van der Waals surface area contributed by atoms with Crippen LogP contribution in [0.4, 0.5) is 4.39 Å². The van der Waals surface area contributed by atoms with E-state index in [-0.39, 0.29) is 11.5 Å². The van der Waals surface area contributed by atoms with Crippen LogP contribution in [0.3, 0.4) is 0 Å². The van der Waals surface area contributed by atoms with Crippen molar-refractivity contribution in [1.29, 1.82) is 0 Å². The van der Waals surface area contributed by atoms with Gasteiger partial charge in [-0.3, -0.25) is 4.79 Å². The Labute approximate surface area is 165 Å². The van der Waals surface area contributed by atoms with E-state index in [4.69, 9.17) is 9.52 Å². The molecule has 0 saturated heterocycles. The van der Waals surface area contributed by atoms with E-state index in [1.807, 2.05) is 35.7 Å². The second-order valence-corrected chi connectivity index (χ2v) is 7.17. The first-order valence-electron chi connectivity index (χ1n) is 9.40. The second-order valence-electron chi connectivity index (χ2n) is 7.17. The van der Waals surface area contributed by atoms with Crippen molar-refractivity contribution in [2.45, 2.75) is 32.5 Å². The molecule has 9 heteroatoms. The number of hydrogen-bond donors (Lipinski definition) is 1. The largest absolute Gasteiger partial charge is 0.438 e. The number of imidazole rings is 1. The van der Waals surface area contributed by atoms with E-state index in [1.165, 1.54) is 6.92 Å². The fraction of sp³-hybridized carbons (Fsp3) is 0.300. The van der Waals surface area contributed by atoms with Crippen LogP contribution in [-0.2, 0) is 6.42 Å². The molecule has 5 rings (SSSR count). The van der Waals surface area contributed by atoms with Gasteiger partial charge in [0.1, 0.15) is 17.9 Å². The van der Waals surface area contributed by atoms with Gasteiger partial charge in [-0.1, -0.05) is 6.07 Å². The highest BCUT2D eigenvalue weighted by molar-refractivity contribution is 5.93. The van der Waals surface area contributed by atoms with Crippen LogP contribution in [0, 0.1) is 6.92 Å². The summed E-state index contributed by atoms with van der Waals surface area (Å²) in [7, 11) is 0. The number of carbonyl (C=O) groups excluding carboxylic acids is 1. The lowest BCUT2D eigenvalue weighted by molar-refractivity contribution is 0.0650. The molecule has 0 fully saturated rings. The summed E-state index contributed by atoms with van der Waals surface area (Å²) >= 11 is 0. The average Bonchev–Trinajstić information content (AvgIpc) is 3.44. The molecule has 0 radical (unpaired) electrons. The number of hydrogen-bond acceptors (Lipinski definition) is 5. The van der Waals surface area contributed by atoms with Gasteiger partial charge in [0, 0.05) is 24.4 Å². The molecule has 0 spiro atoms. The van der Waals surface area contributed by atoms with Crippen molar-refractivity contribution in [1.82, 2.24) is 29.5 Å². The third kappa shape index (κ3) is 2.72. The van der Waals surface area contributed by atoms with Gasteiger partial charge in [-0.25, -0.2) is 18.9 Å². The fourth-order valence-corrected chi connectivity index (χ4v) is 3.93. The number of nitrogens with zero attached hydrogens (tertiary/aromatic N) is 5. The first kappa shape index (κ1) is 17.6. The minimum Gasteiger partial charge on any atom is -0.438 e. The number of aryl methyl sites for hydroxylation is 1. The maximum Gasteiger partial charge on any atom is 0.292 e. The van der Waals surface area contributed by atoms with Gasteiger partial charge < -0.3 is 14.3 Å². The van der Waals surface area contributed by atoms with Crippen LogP contribution in [0.15, 0.2) is 41.4 Å². The van der Waals surface area contributed by atoms with Crippen LogP contribution in [0.2, 0.25) is 0 Å². The molecule has 148 valence electrons. The summed E-state index contributed by atoms with van der Waals surface area (Å²) < 4.78 is 21.0. The Hall–Kier alpha value is -3.49. The van der Waals surface area contributed by atoms with Gasteiger partial charge in [-0.15, -0.1) is 0 Å². The molecule has 5 heterocycles. The highest BCUT2D eigenvalue weighted by atomic mass is 19.1. The van der Waals surface area contributed by atoms with Crippen LogP contribution in [0.1, 0.15) is 58.2 Å². The molecule has 0 aliphatic carbocycles. The van der Waals surface area contributed by atoms with E-state index in [0.717, 1.165) is 29.0 Å². The first-order chi connectivity index (χ1) is 14.0. The Kier molecular flexibility index (Phi) is 3.97. The maximum absolute atomic E-state index is 13.9. The van der Waals surface area contributed by atoms with E-state index in [1.54, 1.807) is 11.2 Å². The van der Waals surface area contributed by atoms with Crippen LogP contribution in [-0.4, -0.2) is 41.9 Å². The fourth-order valence-electron chi connectivity index (χ4n) is 3.93. The molecule has 1 aliphatic heterocycles. The molecule has 0 aromatic carbocycles. The SMILES string of the molecule is Cc1cccc2cc([C@@H]3c4nc[nH]c4CCN3C(=O)c3ocnc3C(C)F)nn12. The zero-order valence-corrected chi connectivity index (χ0v) is 16.0. The monoisotopic (exact) mass is 394 g/mol. The first-order valence-corrected chi connectivity index (χ1v) is 9.40. The summed E-state index contributed by atoms with van der Waals surface area (Å²) in [5, 5.41) is 4.73. The summed E-state index contributed by atoms with van der Waals surface area (Å²) in [6.07, 6.45) is 1.93. The van der Waals surface area contributed by atoms with Crippen LogP contribution >= 0.6 is 0 Å². The number of aromatic nitrogens is 5. The number of pyridine rings is 1. The number of carbonyl (C=O) groups is 1. The van der Waals surface area contributed by atoms with Gasteiger partial charge in [0.25, 0.3) is 5.91 Å². The Morgan fingerprint density at radius 1 is 1.38 bits per heavy atom. The van der Waals surface area contributed by atoms with Crippen LogP contribution in [0.5, 0.6) is 0 Å². The van der Waals surface area contributed by atoms with Gasteiger partial charge in [0.15, 0.2) is 6.39 Å². The Balaban J connectivity index is 1.63. The number of oxazole rings is 1. The predicted molar refractivity (Wildman–Crippen MR) is 101 cm³/mol. The van der Waals surface area contributed by atoms with Crippen molar-refractivity contribution in [3.05, 3.63) is 71.2 Å². The molecule has 1 aliphatic rings. The molecular formula is C20H19FN6O2. The zero-order chi connectivity index (χ0) is 20.1. The normalized spacial score (nSPS) is 17.5. The smallest absolute Gasteiger partial charge is 0.292 e. The van der Waals surface area contributed by atoms with Crippen molar-refractivity contribution >= 4 is 11.4 Å². The summed E-state index contributed by atoms with van der Waals surface area (Å²) in [6.45, 7) is 3.72. The summed E-state index contributed by atoms with van der Waals surface area (Å²) in [5.41, 5.74) is 4.30. The van der Waals surface area contributed by atoms with E-state index in [9.17, 15) is 9.18 Å². The molecule has 8 nitrogen and oxygen atoms in total. The maximum atomic E-state index is 13.9. The third-order valence-electron chi connectivity index (χ3n) is 5.33. The molecule has 0 bridgehead atoms. The van der Waals surface area contributed by atoms with Crippen molar-refractivity contribution in [2.24, 2.45) is 0 Å². The topological polar surface area (TPSA) is 92.3 Å². The molecule has 29 heavy (non-hydrogen) atoms. The summed E-state index contributed by atoms with van der Waals surface area (Å²) in [4.78, 5) is 26.5. The van der Waals surface area contributed by atoms with Gasteiger partial charge in [0.05, 0.1) is 23.2 Å². The molecule has 4 aromatic rings. The van der Waals surface area contributed by atoms with Crippen molar-refractivity contribution in [3.63, 3.8) is 0 Å². The zero-order valence-electron chi connectivity index (χ0n) is 16.0. The minimum atomic E-state index is -1.41. The highest BCUT2D eigenvalue weighted by Gasteiger charge is 2.38. The predicted octanol–water partition coefficient (Wildman–Crippen LogP) is 3.17. The quantitative estimate of drug-likeness (QED) is 0.576. The number of halogens is 1. The van der Waals surface area contributed by atoms with Gasteiger partial charge >= 0.3 is 0 Å². The number of rotatable bonds is 3. The van der Waals surface area contributed by atoms with Crippen molar-refractivity contribution < 1.29 is 13.6 Å². The Morgan fingerprint density at radius 2 is 2.24 bits per heavy atom. The van der Waals surface area contributed by atoms with Crippen LogP contribution < -0.4 is 0 Å². The number of amides is 1. The number of aromatic amines is 1. The van der Waals surface area contributed by atoms with E-state index in [2.05, 4.69) is 15.0 Å². The van der Waals surface area contributed by atoms with Gasteiger partial charge in [0.2, 0.25) is 5.76 Å². The highest BCUT2D eigenvalue weighted by Crippen LogP contribution is 2.35. The van der Waals surface area contributed by atoms with Crippen molar-refractivity contribution in [2.75, 3.05) is 6.54 Å². The summed E-state index contributed by atoms with van der Waals surface area (Å²) in [6, 6.07) is 7.33. The lowest BCUT2D eigenvalue weighted by atomic mass is 9.99. The summed E-state index contributed by atoms with van der Waals surface area (Å²) in [5.74, 6) is -0.502. The van der Waals surface area contributed by atoms with E-state index < -0.39 is 18.1 Å². The Bertz CT molecular complexity index is 1210. The molecule has 1 N–H and O–H groups in total. The number of H-pyrrole nitrogens is 1. The average molecular weight is 394 g/mol. The number of fused-ring (bicyclic) bond motifs is 2. The van der Waals surface area contributed by atoms with E-state index in [0.29, 0.717) is 18.7 Å². The Morgan fingerprint density at radius 3 is 3.03 bits per heavy atom. The molecule has 0 saturated carbocycles. The van der Waals surface area contributed by atoms with Crippen molar-refractivity contribution in [3.8, 4) is 0 Å². The standard InChI is InChI=1S/C20H19FN6O2/c1-11-4-3-5-13-8-15(25-27(11)13)18-17-14(22-9-23-17)6-7-26(18)20(28)19-16(12(2)21)24-10-29-19/h3-5,8-10,12,18H,6-7H2,1-2H3,(H,22,23)/t12?,18-/m1/s1. The van der Waals surface area contributed by atoms with Gasteiger partial charge in [-0.2, -0.15) is 5.10 Å². The minimum absolute atomic E-state index is 0.00687. The lowest BCUT2D eigenvalue weighted by Gasteiger charge is -2.33. The molecule has 4 aromatic heterocycles. The molecular weight excluding hydrogens is 375 g/mol.